The third-order valence-corrected chi connectivity index (χ3v) is 7.96. The Bertz CT molecular complexity index is 1010. The van der Waals surface area contributed by atoms with Gasteiger partial charge in [-0.05, 0) is 43.2 Å². The SMILES string of the molecule is CCCCc1ccc2cc(CC(C#N)=S(=O)(P)NCCOCCOCCOC)ccc2c1. The minimum atomic E-state index is -2.70. The summed E-state index contributed by atoms with van der Waals surface area (Å²) in [6.45, 7) is 4.99. The van der Waals surface area contributed by atoms with Crippen LogP contribution in [-0.2, 0) is 36.4 Å². The van der Waals surface area contributed by atoms with Crippen LogP contribution >= 0.6 is 8.44 Å². The topological polar surface area (TPSA) is 80.6 Å². The molecule has 0 bridgehead atoms. The molecular formula is C24H35N2O4PS. The molecule has 0 radical (unpaired) electrons. The molecule has 2 rings (SSSR count). The van der Waals surface area contributed by atoms with Crippen molar-refractivity contribution < 1.29 is 18.4 Å². The summed E-state index contributed by atoms with van der Waals surface area (Å²) in [7, 11) is 1.24. The Morgan fingerprint density at radius 1 is 1.03 bits per heavy atom. The molecule has 8 heteroatoms. The van der Waals surface area contributed by atoms with E-state index in [0.717, 1.165) is 17.4 Å². The number of rotatable bonds is 15. The van der Waals surface area contributed by atoms with Crippen molar-refractivity contribution in [2.75, 3.05) is 46.7 Å². The van der Waals surface area contributed by atoms with E-state index < -0.39 is 9.33 Å². The van der Waals surface area contributed by atoms with Gasteiger partial charge in [-0.25, -0.2) is 8.93 Å². The van der Waals surface area contributed by atoms with Gasteiger partial charge in [-0.3, -0.25) is 0 Å². The number of ether oxygens (including phenoxy) is 3. The monoisotopic (exact) mass is 478 g/mol. The van der Waals surface area contributed by atoms with E-state index in [-0.39, 0.29) is 0 Å². The quantitative estimate of drug-likeness (QED) is 0.240. The fraction of sp³-hybridized carbons (Fsp3) is 0.500. The number of unbranched alkanes of at least 4 members (excludes halogenated alkanes) is 1. The Kier molecular flexibility index (Phi) is 12.2. The summed E-state index contributed by atoms with van der Waals surface area (Å²) in [6, 6.07) is 14.8. The lowest BCUT2D eigenvalue weighted by Crippen LogP contribution is -2.28. The lowest BCUT2D eigenvalue weighted by atomic mass is 10.00. The van der Waals surface area contributed by atoms with Crippen molar-refractivity contribution in [2.24, 2.45) is 0 Å². The molecule has 0 aliphatic heterocycles. The maximum atomic E-state index is 13.0. The van der Waals surface area contributed by atoms with Gasteiger partial charge in [-0.2, -0.15) is 5.26 Å². The van der Waals surface area contributed by atoms with Crippen molar-refractivity contribution >= 4 is 33.4 Å². The van der Waals surface area contributed by atoms with Crippen LogP contribution in [0.25, 0.3) is 10.8 Å². The predicted octanol–water partition coefficient (Wildman–Crippen LogP) is 3.68. The Morgan fingerprint density at radius 3 is 2.31 bits per heavy atom. The molecule has 0 fully saturated rings. The Hall–Kier alpha value is -1.52. The van der Waals surface area contributed by atoms with Crippen LogP contribution in [0.15, 0.2) is 36.4 Å². The second kappa shape index (κ2) is 14.6. The van der Waals surface area contributed by atoms with Crippen molar-refractivity contribution in [3.05, 3.63) is 47.5 Å². The van der Waals surface area contributed by atoms with Crippen molar-refractivity contribution in [3.8, 4) is 6.07 Å². The second-order valence-electron chi connectivity index (χ2n) is 7.54. The number of methoxy groups -OCH3 is 1. The molecule has 2 aromatic rings. The van der Waals surface area contributed by atoms with Crippen molar-refractivity contribution in [1.29, 1.82) is 5.26 Å². The highest BCUT2D eigenvalue weighted by Gasteiger charge is 2.11. The molecule has 2 unspecified atom stereocenters. The van der Waals surface area contributed by atoms with Gasteiger partial charge in [0.2, 0.25) is 0 Å². The first kappa shape index (κ1) is 26.7. The smallest absolute Gasteiger partial charge is 0.105 e. The normalized spacial score (nSPS) is 13.1. The number of nitrogens with one attached hydrogen (secondary N) is 1. The molecular weight excluding hydrogens is 443 g/mol. The van der Waals surface area contributed by atoms with Gasteiger partial charge in [-0.15, -0.1) is 0 Å². The van der Waals surface area contributed by atoms with Crippen LogP contribution in [0.4, 0.5) is 0 Å². The molecule has 0 heterocycles. The fourth-order valence-electron chi connectivity index (χ4n) is 3.21. The molecule has 0 saturated carbocycles. The van der Waals surface area contributed by atoms with E-state index in [4.69, 9.17) is 14.2 Å². The van der Waals surface area contributed by atoms with Crippen molar-refractivity contribution in [1.82, 2.24) is 4.72 Å². The maximum absolute atomic E-state index is 13.0. The zero-order chi connectivity index (χ0) is 23.2. The number of hydrogen-bond acceptors (Lipinski definition) is 5. The van der Waals surface area contributed by atoms with Crippen LogP contribution in [0.5, 0.6) is 0 Å². The van der Waals surface area contributed by atoms with Gasteiger partial charge in [0.1, 0.15) is 10.9 Å². The van der Waals surface area contributed by atoms with Crippen LogP contribution in [-0.4, -0.2) is 55.8 Å². The van der Waals surface area contributed by atoms with Crippen LogP contribution in [0.1, 0.15) is 30.9 Å². The Morgan fingerprint density at radius 2 is 1.66 bits per heavy atom. The van der Waals surface area contributed by atoms with E-state index >= 15 is 0 Å². The minimum Gasteiger partial charge on any atom is -0.382 e. The van der Waals surface area contributed by atoms with E-state index in [1.54, 1.807) is 7.11 Å². The molecule has 1 N–H and O–H groups in total. The summed E-state index contributed by atoms with van der Waals surface area (Å²) in [5, 5.41) is 11.9. The summed E-state index contributed by atoms with van der Waals surface area (Å²) in [4.78, 5) is 0.310. The van der Waals surface area contributed by atoms with Crippen LogP contribution < -0.4 is 4.72 Å². The predicted molar refractivity (Wildman–Crippen MR) is 136 cm³/mol. The van der Waals surface area contributed by atoms with Crippen LogP contribution in [0.3, 0.4) is 0 Å². The second-order valence-corrected chi connectivity index (χ2v) is 11.5. The Labute approximate surface area is 194 Å². The summed E-state index contributed by atoms with van der Waals surface area (Å²) in [5.74, 6) is 0. The highest BCUT2D eigenvalue weighted by molar-refractivity contribution is 8.43. The number of nitrogens with zero attached hydrogens (tertiary/aromatic N) is 1. The molecule has 0 spiro atoms. The first-order valence-corrected chi connectivity index (χ1v) is 14.0. The highest BCUT2D eigenvalue weighted by atomic mass is 32.7. The van der Waals surface area contributed by atoms with Gasteiger partial charge in [0, 0.05) is 20.1 Å². The lowest BCUT2D eigenvalue weighted by molar-refractivity contribution is 0.0263. The van der Waals surface area contributed by atoms with Gasteiger partial charge >= 0.3 is 0 Å². The molecule has 6 nitrogen and oxygen atoms in total. The first-order chi connectivity index (χ1) is 15.5. The highest BCUT2D eigenvalue weighted by Crippen LogP contribution is 2.20. The lowest BCUT2D eigenvalue weighted by Gasteiger charge is -2.12. The third-order valence-electron chi connectivity index (χ3n) is 5.01. The largest absolute Gasteiger partial charge is 0.382 e. The van der Waals surface area contributed by atoms with Crippen LogP contribution in [0.2, 0.25) is 0 Å². The maximum Gasteiger partial charge on any atom is 0.105 e. The van der Waals surface area contributed by atoms with E-state index in [0.29, 0.717) is 50.9 Å². The summed E-state index contributed by atoms with van der Waals surface area (Å²) in [5.41, 5.74) is 2.31. The van der Waals surface area contributed by atoms with Crippen molar-refractivity contribution in [2.45, 2.75) is 32.6 Å². The average Bonchev–Trinajstić information content (AvgIpc) is 2.79. The molecule has 0 aliphatic rings. The third kappa shape index (κ3) is 9.15. The summed E-state index contributed by atoms with van der Waals surface area (Å²) in [6.07, 6.45) is 3.80. The van der Waals surface area contributed by atoms with E-state index in [1.807, 2.05) is 6.07 Å². The standard InChI is InChI=1S/C24H35N2O4PS/c1-3-4-5-20-6-8-23-17-21(7-9-22(23)16-20)18-24(19-25)32(27,31)26-10-11-29-14-15-30-13-12-28-2/h6-9,16-17H,3-5,10-15,18,31H2,1-2H3,(H,26,27). The average molecular weight is 479 g/mol. The molecule has 176 valence electrons. The van der Waals surface area contributed by atoms with E-state index in [1.165, 1.54) is 23.8 Å². The molecule has 2 aromatic carbocycles. The van der Waals surface area contributed by atoms with Crippen LogP contribution in [0, 0.1) is 11.3 Å². The first-order valence-electron chi connectivity index (χ1n) is 11.0. The number of hydrogen-bond donors (Lipinski definition) is 1. The summed E-state index contributed by atoms with van der Waals surface area (Å²) < 4.78 is 31.7. The van der Waals surface area contributed by atoms with Gasteiger partial charge < -0.3 is 14.2 Å². The Balaban J connectivity index is 1.92. The molecule has 0 saturated heterocycles. The zero-order valence-electron chi connectivity index (χ0n) is 19.1. The summed E-state index contributed by atoms with van der Waals surface area (Å²) >= 11 is 0. The molecule has 0 aromatic heterocycles. The van der Waals surface area contributed by atoms with Gasteiger partial charge in [0.15, 0.2) is 0 Å². The van der Waals surface area contributed by atoms with Gasteiger partial charge in [0.05, 0.1) is 42.4 Å². The van der Waals surface area contributed by atoms with E-state index in [2.05, 4.69) is 56.5 Å². The molecule has 0 amide bonds. The number of fused-ring (bicyclic) bond motifs is 1. The van der Waals surface area contributed by atoms with Crippen molar-refractivity contribution in [3.63, 3.8) is 0 Å². The number of aryl methyl sites for hydroxylation is 1. The minimum absolute atomic E-state index is 0.310. The van der Waals surface area contributed by atoms with Gasteiger partial charge in [0.25, 0.3) is 0 Å². The van der Waals surface area contributed by atoms with E-state index in [9.17, 15) is 9.47 Å². The molecule has 32 heavy (non-hydrogen) atoms. The fourth-order valence-corrected chi connectivity index (χ4v) is 5.05. The number of nitriles is 1. The molecule has 2 atom stereocenters. The van der Waals surface area contributed by atoms with Gasteiger partial charge in [-0.1, -0.05) is 49.7 Å². The zero-order valence-corrected chi connectivity index (χ0v) is 21.1. The number of benzene rings is 2. The molecule has 0 aliphatic carbocycles.